The molecular formula is C17H16N2S3. The zero-order chi connectivity index (χ0) is 15.2. The van der Waals surface area contributed by atoms with Crippen molar-refractivity contribution >= 4 is 34.9 Å². The number of aryl methyl sites for hydroxylation is 4. The largest absolute Gasteiger partial charge is 0.261 e. The first-order valence-electron chi connectivity index (χ1n) is 7.23. The summed E-state index contributed by atoms with van der Waals surface area (Å²) < 4.78 is 1.02. The normalized spacial score (nSPS) is 10.7. The van der Waals surface area contributed by atoms with E-state index in [9.17, 15) is 0 Å². The van der Waals surface area contributed by atoms with Crippen molar-refractivity contribution in [2.45, 2.75) is 25.7 Å². The van der Waals surface area contributed by atoms with E-state index in [4.69, 9.17) is 12.2 Å². The van der Waals surface area contributed by atoms with Gasteiger partial charge in [0.2, 0.25) is 0 Å². The van der Waals surface area contributed by atoms with Gasteiger partial charge in [-0.3, -0.25) is 9.97 Å². The fourth-order valence-corrected chi connectivity index (χ4v) is 5.16. The summed E-state index contributed by atoms with van der Waals surface area (Å²) in [5, 5.41) is 0. The quantitative estimate of drug-likeness (QED) is 0.595. The van der Waals surface area contributed by atoms with Crippen LogP contribution in [0.1, 0.15) is 21.1 Å². The summed E-state index contributed by atoms with van der Waals surface area (Å²) in [4.78, 5) is 11.6. The second-order valence-corrected chi connectivity index (χ2v) is 8.34. The Hall–Kier alpha value is -1.43. The Morgan fingerprint density at radius 2 is 1.23 bits per heavy atom. The molecule has 0 aromatic carbocycles. The lowest BCUT2D eigenvalue weighted by molar-refractivity contribution is 0.886. The lowest BCUT2D eigenvalue weighted by atomic mass is 10.1. The van der Waals surface area contributed by atoms with Gasteiger partial charge >= 0.3 is 0 Å². The first-order valence-corrected chi connectivity index (χ1v) is 9.27. The minimum Gasteiger partial charge on any atom is -0.261 e. The smallest absolute Gasteiger partial charge is 0.144 e. The molecule has 3 rings (SSSR count). The summed E-state index contributed by atoms with van der Waals surface area (Å²) >= 11 is 8.90. The van der Waals surface area contributed by atoms with Crippen molar-refractivity contribution in [1.29, 1.82) is 0 Å². The highest BCUT2D eigenvalue weighted by Crippen LogP contribution is 2.27. The maximum Gasteiger partial charge on any atom is 0.144 e. The van der Waals surface area contributed by atoms with Gasteiger partial charge in [-0.2, -0.15) is 0 Å². The minimum atomic E-state index is 0.972. The van der Waals surface area contributed by atoms with Gasteiger partial charge in [0, 0.05) is 33.5 Å². The maximum atomic E-state index is 5.39. The Morgan fingerprint density at radius 1 is 0.727 bits per heavy atom. The molecule has 112 valence electrons. The van der Waals surface area contributed by atoms with E-state index in [0.717, 1.165) is 40.2 Å². The third kappa shape index (κ3) is 4.29. The molecule has 0 atom stereocenters. The zero-order valence-electron chi connectivity index (χ0n) is 12.1. The molecule has 22 heavy (non-hydrogen) atoms. The first kappa shape index (κ1) is 15.5. The van der Waals surface area contributed by atoms with E-state index in [1.807, 2.05) is 36.7 Å². The van der Waals surface area contributed by atoms with Crippen molar-refractivity contribution in [3.63, 3.8) is 0 Å². The van der Waals surface area contributed by atoms with Gasteiger partial charge in [0.25, 0.3) is 0 Å². The second kappa shape index (κ2) is 7.72. The summed E-state index contributed by atoms with van der Waals surface area (Å²) in [6, 6.07) is 12.2. The van der Waals surface area contributed by atoms with Gasteiger partial charge in [-0.25, -0.2) is 0 Å². The van der Waals surface area contributed by atoms with Gasteiger partial charge in [-0.15, -0.1) is 22.7 Å². The lowest BCUT2D eigenvalue weighted by Crippen LogP contribution is -1.97. The summed E-state index contributed by atoms with van der Waals surface area (Å²) in [5.41, 5.74) is 2.28. The van der Waals surface area contributed by atoms with Gasteiger partial charge < -0.3 is 0 Å². The topological polar surface area (TPSA) is 25.8 Å². The summed E-state index contributed by atoms with van der Waals surface area (Å²) in [6.07, 6.45) is 7.69. The Kier molecular flexibility index (Phi) is 5.43. The number of hydrogen-bond donors (Lipinski definition) is 0. The number of nitrogens with zero attached hydrogens (tertiary/aromatic N) is 2. The van der Waals surface area contributed by atoms with E-state index >= 15 is 0 Å². The molecule has 0 saturated heterocycles. The van der Waals surface area contributed by atoms with E-state index in [1.54, 1.807) is 22.7 Å². The summed E-state index contributed by atoms with van der Waals surface area (Å²) in [7, 11) is 0. The number of rotatable bonds is 6. The van der Waals surface area contributed by atoms with Gasteiger partial charge in [-0.1, -0.05) is 24.4 Å². The van der Waals surface area contributed by atoms with E-state index in [-0.39, 0.29) is 0 Å². The third-order valence-electron chi connectivity index (χ3n) is 3.39. The molecule has 0 fully saturated rings. The van der Waals surface area contributed by atoms with E-state index in [1.165, 1.54) is 9.75 Å². The van der Waals surface area contributed by atoms with Crippen molar-refractivity contribution in [3.8, 4) is 0 Å². The highest BCUT2D eigenvalue weighted by Gasteiger charge is 2.08. The van der Waals surface area contributed by atoms with Crippen LogP contribution in [0, 0.1) is 3.14 Å². The predicted molar refractivity (Wildman–Crippen MR) is 96.3 cm³/mol. The molecule has 3 aromatic heterocycles. The highest BCUT2D eigenvalue weighted by atomic mass is 32.2. The van der Waals surface area contributed by atoms with Gasteiger partial charge in [0.05, 0.1) is 0 Å². The van der Waals surface area contributed by atoms with Crippen molar-refractivity contribution in [2.75, 3.05) is 0 Å². The average molecular weight is 345 g/mol. The molecule has 5 heteroatoms. The molecule has 0 radical (unpaired) electrons. The summed E-state index contributed by atoms with van der Waals surface area (Å²) in [6.45, 7) is 0. The highest BCUT2D eigenvalue weighted by molar-refractivity contribution is 7.76. The van der Waals surface area contributed by atoms with Crippen LogP contribution >= 0.6 is 34.9 Å². The molecule has 3 aromatic rings. The van der Waals surface area contributed by atoms with Crippen LogP contribution < -0.4 is 0 Å². The van der Waals surface area contributed by atoms with Crippen LogP contribution in [0.4, 0.5) is 0 Å². The molecule has 0 aliphatic heterocycles. The van der Waals surface area contributed by atoms with E-state index in [2.05, 4.69) is 22.1 Å². The standard InChI is InChI=1S/C17H16N2S3/c20-17-21-15(9-7-13-5-1-3-11-18-13)16(22-17)10-8-14-6-2-4-12-19-14/h1-6,11-12H,7-10H2. The Labute approximate surface area is 143 Å². The molecule has 0 aliphatic rings. The number of hydrogen-bond acceptors (Lipinski definition) is 5. The van der Waals surface area contributed by atoms with Crippen molar-refractivity contribution in [1.82, 2.24) is 9.97 Å². The van der Waals surface area contributed by atoms with Gasteiger partial charge in [0.1, 0.15) is 3.14 Å². The Balaban J connectivity index is 1.66. The molecule has 0 unspecified atom stereocenters. The zero-order valence-corrected chi connectivity index (χ0v) is 14.5. The molecule has 0 saturated carbocycles. The fraction of sp³-hybridized carbons (Fsp3) is 0.235. The molecule has 3 heterocycles. The lowest BCUT2D eigenvalue weighted by Gasteiger charge is -2.03. The number of pyridine rings is 2. The van der Waals surface area contributed by atoms with Crippen LogP contribution in [0.5, 0.6) is 0 Å². The minimum absolute atomic E-state index is 0.972. The molecule has 2 nitrogen and oxygen atoms in total. The van der Waals surface area contributed by atoms with Gasteiger partial charge in [0.15, 0.2) is 0 Å². The molecular weight excluding hydrogens is 328 g/mol. The second-order valence-electron chi connectivity index (χ2n) is 4.94. The monoisotopic (exact) mass is 344 g/mol. The molecule has 0 N–H and O–H groups in total. The molecule has 0 spiro atoms. The van der Waals surface area contributed by atoms with E-state index in [0.29, 0.717) is 0 Å². The van der Waals surface area contributed by atoms with Crippen LogP contribution in [0.25, 0.3) is 0 Å². The van der Waals surface area contributed by atoms with Crippen LogP contribution in [0.2, 0.25) is 0 Å². The Morgan fingerprint density at radius 3 is 1.64 bits per heavy atom. The van der Waals surface area contributed by atoms with Crippen molar-refractivity contribution < 1.29 is 0 Å². The Bertz CT molecular complexity index is 699. The molecule has 0 aliphatic carbocycles. The van der Waals surface area contributed by atoms with E-state index < -0.39 is 0 Å². The van der Waals surface area contributed by atoms with Crippen molar-refractivity contribution in [3.05, 3.63) is 73.1 Å². The molecule has 0 bridgehead atoms. The predicted octanol–water partition coefficient (Wildman–Crippen LogP) is 4.90. The van der Waals surface area contributed by atoms with Crippen LogP contribution in [-0.2, 0) is 25.7 Å². The molecule has 0 amide bonds. The first-order chi connectivity index (χ1) is 10.8. The van der Waals surface area contributed by atoms with Crippen LogP contribution in [0.15, 0.2) is 48.8 Å². The van der Waals surface area contributed by atoms with Crippen LogP contribution in [-0.4, -0.2) is 9.97 Å². The average Bonchev–Trinajstić information content (AvgIpc) is 2.93. The summed E-state index contributed by atoms with van der Waals surface area (Å²) in [5.74, 6) is 0. The number of aromatic nitrogens is 2. The maximum absolute atomic E-state index is 5.39. The fourth-order valence-electron chi connectivity index (χ4n) is 2.29. The van der Waals surface area contributed by atoms with Crippen LogP contribution in [0.3, 0.4) is 0 Å². The van der Waals surface area contributed by atoms with Crippen molar-refractivity contribution in [2.24, 2.45) is 0 Å². The SMILES string of the molecule is S=c1sc(CCc2ccccn2)c(CCc2ccccn2)s1. The third-order valence-corrected chi connectivity index (χ3v) is 6.25. The van der Waals surface area contributed by atoms with Gasteiger partial charge in [-0.05, 0) is 49.9 Å².